The number of benzene rings is 2. The monoisotopic (exact) mass is 450 g/mol. The van der Waals surface area contributed by atoms with Gasteiger partial charge in [0.1, 0.15) is 5.75 Å². The highest BCUT2D eigenvalue weighted by molar-refractivity contribution is 5.91. The average Bonchev–Trinajstić information content (AvgIpc) is 3.38. The van der Waals surface area contributed by atoms with Crippen molar-refractivity contribution >= 4 is 5.91 Å². The molecular formula is C26H30N2O5. The largest absolute Gasteiger partial charge is 0.497 e. The molecule has 3 aromatic rings. The Morgan fingerprint density at radius 2 is 1.82 bits per heavy atom. The zero-order chi connectivity index (χ0) is 23.4. The number of nitrogens with one attached hydrogen (secondary N) is 1. The highest BCUT2D eigenvalue weighted by Crippen LogP contribution is 2.40. The normalized spacial score (nSPS) is 16.5. The zero-order valence-corrected chi connectivity index (χ0v) is 19.5. The number of hydrogen-bond donors (Lipinski definition) is 1. The molecule has 2 atom stereocenters. The van der Waals surface area contributed by atoms with Gasteiger partial charge in [0.05, 0.1) is 33.6 Å². The second-order valence-corrected chi connectivity index (χ2v) is 8.16. The van der Waals surface area contributed by atoms with Gasteiger partial charge in [-0.05, 0) is 66.4 Å². The molecule has 1 amide bonds. The fourth-order valence-electron chi connectivity index (χ4n) is 4.52. The molecule has 1 aliphatic rings. The van der Waals surface area contributed by atoms with Gasteiger partial charge in [0.2, 0.25) is 0 Å². The minimum Gasteiger partial charge on any atom is -0.497 e. The van der Waals surface area contributed by atoms with Crippen LogP contribution in [0.2, 0.25) is 0 Å². The smallest absolute Gasteiger partial charge is 0.287 e. The first-order valence-electron chi connectivity index (χ1n) is 11.0. The van der Waals surface area contributed by atoms with Crippen LogP contribution in [-0.4, -0.2) is 44.7 Å². The molecule has 2 unspecified atom stereocenters. The molecule has 0 saturated carbocycles. The fraction of sp³-hybridized carbons (Fsp3) is 0.346. The summed E-state index contributed by atoms with van der Waals surface area (Å²) < 4.78 is 21.7. The lowest BCUT2D eigenvalue weighted by Gasteiger charge is -2.41. The van der Waals surface area contributed by atoms with Crippen molar-refractivity contribution < 1.29 is 23.4 Å². The molecule has 7 nitrogen and oxygen atoms in total. The molecule has 0 bridgehead atoms. The van der Waals surface area contributed by atoms with E-state index in [2.05, 4.69) is 22.3 Å². The molecule has 0 fully saturated rings. The summed E-state index contributed by atoms with van der Waals surface area (Å²) in [7, 11) is 4.95. The van der Waals surface area contributed by atoms with E-state index in [9.17, 15) is 4.79 Å². The molecule has 0 radical (unpaired) electrons. The summed E-state index contributed by atoms with van der Waals surface area (Å²) >= 11 is 0. The Balaban J connectivity index is 1.67. The van der Waals surface area contributed by atoms with Crippen LogP contribution in [0, 0.1) is 0 Å². The number of rotatable bonds is 8. The van der Waals surface area contributed by atoms with Crippen molar-refractivity contribution in [2.75, 3.05) is 27.9 Å². The van der Waals surface area contributed by atoms with Crippen LogP contribution < -0.4 is 19.5 Å². The van der Waals surface area contributed by atoms with Crippen LogP contribution in [0.15, 0.2) is 59.2 Å². The number of carbonyl (C=O) groups excluding carboxylic acids is 1. The SMILES string of the molecule is COc1ccc(CN2CCc3cc(OC)c(OC)cc3C2C(C)NC(=O)c2ccco2)cc1. The van der Waals surface area contributed by atoms with E-state index >= 15 is 0 Å². The molecule has 33 heavy (non-hydrogen) atoms. The van der Waals surface area contributed by atoms with Crippen LogP contribution in [0.3, 0.4) is 0 Å². The second kappa shape index (κ2) is 10.0. The van der Waals surface area contributed by atoms with Gasteiger partial charge < -0.3 is 23.9 Å². The Bertz CT molecular complexity index is 1080. The number of furan rings is 1. The fourth-order valence-corrected chi connectivity index (χ4v) is 4.52. The number of carbonyl (C=O) groups is 1. The highest BCUT2D eigenvalue weighted by atomic mass is 16.5. The quantitative estimate of drug-likeness (QED) is 0.554. The predicted molar refractivity (Wildman–Crippen MR) is 125 cm³/mol. The molecule has 2 heterocycles. The van der Waals surface area contributed by atoms with E-state index in [-0.39, 0.29) is 18.0 Å². The zero-order valence-electron chi connectivity index (χ0n) is 19.5. The maximum Gasteiger partial charge on any atom is 0.287 e. The van der Waals surface area contributed by atoms with Gasteiger partial charge in [-0.3, -0.25) is 9.69 Å². The third-order valence-electron chi connectivity index (χ3n) is 6.15. The van der Waals surface area contributed by atoms with Gasteiger partial charge in [-0.15, -0.1) is 0 Å². The van der Waals surface area contributed by atoms with Gasteiger partial charge in [0, 0.05) is 19.1 Å². The number of nitrogens with zero attached hydrogens (tertiary/aromatic N) is 1. The first-order valence-corrected chi connectivity index (χ1v) is 11.0. The van der Waals surface area contributed by atoms with Crippen molar-refractivity contribution in [3.05, 3.63) is 77.2 Å². The van der Waals surface area contributed by atoms with Crippen LogP contribution in [0.5, 0.6) is 17.2 Å². The van der Waals surface area contributed by atoms with E-state index in [1.165, 1.54) is 17.4 Å². The number of methoxy groups -OCH3 is 3. The summed E-state index contributed by atoms with van der Waals surface area (Å²) in [6, 6.07) is 15.3. The van der Waals surface area contributed by atoms with Crippen molar-refractivity contribution in [3.63, 3.8) is 0 Å². The maximum atomic E-state index is 12.7. The Morgan fingerprint density at radius 3 is 2.45 bits per heavy atom. The molecule has 7 heteroatoms. The summed E-state index contributed by atoms with van der Waals surface area (Å²) in [6.07, 6.45) is 2.38. The predicted octanol–water partition coefficient (Wildman–Crippen LogP) is 4.22. The van der Waals surface area contributed by atoms with Gasteiger partial charge in [-0.2, -0.15) is 0 Å². The Labute approximate surface area is 194 Å². The minimum atomic E-state index is -0.232. The molecule has 2 aromatic carbocycles. The Kier molecular flexibility index (Phi) is 6.89. The summed E-state index contributed by atoms with van der Waals surface area (Å²) in [5.41, 5.74) is 3.50. The third kappa shape index (κ3) is 4.83. The summed E-state index contributed by atoms with van der Waals surface area (Å²) in [4.78, 5) is 15.1. The Hall–Kier alpha value is -3.45. The molecule has 0 saturated heterocycles. The summed E-state index contributed by atoms with van der Waals surface area (Å²) in [5, 5.41) is 3.13. The summed E-state index contributed by atoms with van der Waals surface area (Å²) in [6.45, 7) is 3.61. The summed E-state index contributed by atoms with van der Waals surface area (Å²) in [5.74, 6) is 2.29. The van der Waals surface area contributed by atoms with Crippen molar-refractivity contribution in [1.29, 1.82) is 0 Å². The first kappa shape index (κ1) is 22.7. The first-order chi connectivity index (χ1) is 16.0. The lowest BCUT2D eigenvalue weighted by Crippen LogP contribution is -2.47. The Morgan fingerprint density at radius 1 is 1.09 bits per heavy atom. The molecule has 1 aliphatic heterocycles. The minimum absolute atomic E-state index is 0.0606. The van der Waals surface area contributed by atoms with Crippen LogP contribution in [0.25, 0.3) is 0 Å². The van der Waals surface area contributed by atoms with E-state index in [0.717, 1.165) is 30.8 Å². The van der Waals surface area contributed by atoms with E-state index in [1.807, 2.05) is 31.2 Å². The van der Waals surface area contributed by atoms with Crippen LogP contribution in [-0.2, 0) is 13.0 Å². The molecular weight excluding hydrogens is 420 g/mol. The number of hydrogen-bond acceptors (Lipinski definition) is 6. The second-order valence-electron chi connectivity index (χ2n) is 8.16. The number of amides is 1. The van der Waals surface area contributed by atoms with Crippen molar-refractivity contribution in [3.8, 4) is 17.2 Å². The lowest BCUT2D eigenvalue weighted by atomic mass is 9.87. The maximum absolute atomic E-state index is 12.7. The standard InChI is InChI=1S/C26H30N2O5/c1-17(27-26(29)22-6-5-13-33-22)25-21-15-24(32-4)23(31-3)14-19(21)11-12-28(25)16-18-7-9-20(30-2)10-8-18/h5-10,13-15,17,25H,11-12,16H2,1-4H3,(H,27,29). The third-order valence-corrected chi connectivity index (χ3v) is 6.15. The van der Waals surface area contributed by atoms with Crippen LogP contribution in [0.4, 0.5) is 0 Å². The van der Waals surface area contributed by atoms with Gasteiger partial charge in [-0.25, -0.2) is 0 Å². The topological polar surface area (TPSA) is 73.2 Å². The number of fused-ring (bicyclic) bond motifs is 1. The average molecular weight is 451 g/mol. The van der Waals surface area contributed by atoms with E-state index in [4.69, 9.17) is 18.6 Å². The lowest BCUT2D eigenvalue weighted by molar-refractivity contribution is 0.0850. The van der Waals surface area contributed by atoms with Crippen molar-refractivity contribution in [2.24, 2.45) is 0 Å². The van der Waals surface area contributed by atoms with E-state index in [1.54, 1.807) is 33.5 Å². The van der Waals surface area contributed by atoms with Crippen LogP contribution >= 0.6 is 0 Å². The van der Waals surface area contributed by atoms with E-state index in [0.29, 0.717) is 17.3 Å². The van der Waals surface area contributed by atoms with E-state index < -0.39 is 0 Å². The number of ether oxygens (including phenoxy) is 3. The molecule has 4 rings (SSSR count). The van der Waals surface area contributed by atoms with Gasteiger partial charge in [0.15, 0.2) is 17.3 Å². The molecule has 1 aromatic heterocycles. The molecule has 174 valence electrons. The molecule has 1 N–H and O–H groups in total. The highest BCUT2D eigenvalue weighted by Gasteiger charge is 2.34. The van der Waals surface area contributed by atoms with Crippen LogP contribution in [0.1, 0.15) is 40.2 Å². The van der Waals surface area contributed by atoms with Crippen molar-refractivity contribution in [2.45, 2.75) is 32.0 Å². The van der Waals surface area contributed by atoms with Gasteiger partial charge in [0.25, 0.3) is 5.91 Å². The van der Waals surface area contributed by atoms with Crippen molar-refractivity contribution in [1.82, 2.24) is 10.2 Å². The molecule has 0 aliphatic carbocycles. The van der Waals surface area contributed by atoms with Gasteiger partial charge in [-0.1, -0.05) is 12.1 Å². The molecule has 0 spiro atoms. The van der Waals surface area contributed by atoms with Gasteiger partial charge >= 0.3 is 0 Å².